The molecule has 5 nitrogen and oxygen atoms in total. The van der Waals surface area contributed by atoms with Crippen LogP contribution in [0.5, 0.6) is 11.5 Å². The van der Waals surface area contributed by atoms with E-state index in [4.69, 9.17) is 14.7 Å². The predicted molar refractivity (Wildman–Crippen MR) is 90.3 cm³/mol. The Hall–Kier alpha value is -3.00. The number of nitrogens with zero attached hydrogens (tertiary/aromatic N) is 2. The number of nitriles is 1. The number of benzene rings is 2. The Balaban J connectivity index is 1.77. The Morgan fingerprint density at radius 3 is 2.79 bits per heavy atom. The molecule has 1 atom stereocenters. The summed E-state index contributed by atoms with van der Waals surface area (Å²) in [5.41, 5.74) is 2.60. The molecule has 0 saturated heterocycles. The molecule has 0 bridgehead atoms. The van der Waals surface area contributed by atoms with Crippen molar-refractivity contribution in [1.82, 2.24) is 0 Å². The van der Waals surface area contributed by atoms with E-state index >= 15 is 0 Å². The maximum atomic E-state index is 12.7. The summed E-state index contributed by atoms with van der Waals surface area (Å²) in [6.07, 6.45) is 0.201. The fourth-order valence-electron chi connectivity index (χ4n) is 2.86. The summed E-state index contributed by atoms with van der Waals surface area (Å²) in [7, 11) is 1.51. The monoisotopic (exact) mass is 322 g/mol. The molecule has 2 aromatic carbocycles. The van der Waals surface area contributed by atoms with Crippen LogP contribution >= 0.6 is 0 Å². The first-order valence-electron chi connectivity index (χ1n) is 7.78. The maximum Gasteiger partial charge on any atom is 0.267 e. The molecule has 0 fully saturated rings. The molecule has 1 amide bonds. The van der Waals surface area contributed by atoms with E-state index in [-0.39, 0.29) is 5.91 Å². The lowest BCUT2D eigenvalue weighted by molar-refractivity contribution is -0.124. The van der Waals surface area contributed by atoms with Gasteiger partial charge in [0.1, 0.15) is 0 Å². The first-order valence-corrected chi connectivity index (χ1v) is 7.78. The number of carbonyl (C=O) groups excluding carboxylic acids is 1. The van der Waals surface area contributed by atoms with Gasteiger partial charge in [-0.2, -0.15) is 5.26 Å². The summed E-state index contributed by atoms with van der Waals surface area (Å²) in [6, 6.07) is 14.8. The minimum Gasteiger partial charge on any atom is -0.493 e. The highest BCUT2D eigenvalue weighted by Crippen LogP contribution is 2.31. The maximum absolute atomic E-state index is 12.7. The van der Waals surface area contributed by atoms with Crippen LogP contribution in [0.1, 0.15) is 18.1 Å². The number of methoxy groups -OCH3 is 1. The van der Waals surface area contributed by atoms with E-state index in [2.05, 4.69) is 6.07 Å². The van der Waals surface area contributed by atoms with E-state index in [9.17, 15) is 4.79 Å². The van der Waals surface area contributed by atoms with Crippen LogP contribution < -0.4 is 14.4 Å². The van der Waals surface area contributed by atoms with Crippen molar-refractivity contribution in [2.45, 2.75) is 19.4 Å². The number of anilines is 1. The normalized spacial score (nSPS) is 13.8. The zero-order chi connectivity index (χ0) is 17.1. The average molecular weight is 322 g/mol. The first-order chi connectivity index (χ1) is 11.6. The number of rotatable bonds is 4. The fraction of sp³-hybridized carbons (Fsp3) is 0.263. The van der Waals surface area contributed by atoms with Gasteiger partial charge in [-0.05, 0) is 37.1 Å². The number of para-hydroxylation sites is 1. The summed E-state index contributed by atoms with van der Waals surface area (Å²) in [5, 5.41) is 8.95. The predicted octanol–water partition coefficient (Wildman–Crippen LogP) is 2.92. The van der Waals surface area contributed by atoms with E-state index in [1.165, 1.54) is 12.7 Å². The van der Waals surface area contributed by atoms with E-state index in [0.717, 1.165) is 12.1 Å². The SMILES string of the molecule is COc1cc(C#N)ccc1O[C@@H](C)C(=O)N1CCc2ccccc21. The van der Waals surface area contributed by atoms with Gasteiger partial charge < -0.3 is 14.4 Å². The van der Waals surface area contributed by atoms with Gasteiger partial charge in [-0.25, -0.2) is 0 Å². The van der Waals surface area contributed by atoms with Gasteiger partial charge in [-0.15, -0.1) is 0 Å². The van der Waals surface area contributed by atoms with Gasteiger partial charge in [0.15, 0.2) is 17.6 Å². The molecule has 0 aliphatic carbocycles. The van der Waals surface area contributed by atoms with Gasteiger partial charge in [0.05, 0.1) is 18.7 Å². The van der Waals surface area contributed by atoms with Crippen molar-refractivity contribution in [3.63, 3.8) is 0 Å². The van der Waals surface area contributed by atoms with Crippen molar-refractivity contribution < 1.29 is 14.3 Å². The van der Waals surface area contributed by atoms with Crippen molar-refractivity contribution in [3.05, 3.63) is 53.6 Å². The molecule has 0 N–H and O–H groups in total. The average Bonchev–Trinajstić information content (AvgIpc) is 3.05. The van der Waals surface area contributed by atoms with Crippen LogP contribution in [0, 0.1) is 11.3 Å². The Bertz CT molecular complexity index is 810. The highest BCUT2D eigenvalue weighted by molar-refractivity contribution is 5.98. The molecule has 1 aliphatic heterocycles. The minimum atomic E-state index is -0.655. The smallest absolute Gasteiger partial charge is 0.267 e. The molecule has 1 aliphatic rings. The Kier molecular flexibility index (Phi) is 4.39. The molecule has 5 heteroatoms. The van der Waals surface area contributed by atoms with Crippen LogP contribution in [0.15, 0.2) is 42.5 Å². The van der Waals surface area contributed by atoms with E-state index in [0.29, 0.717) is 23.6 Å². The highest BCUT2D eigenvalue weighted by Gasteiger charge is 2.29. The summed E-state index contributed by atoms with van der Waals surface area (Å²) in [6.45, 7) is 2.39. The van der Waals surface area contributed by atoms with Crippen LogP contribution in [0.4, 0.5) is 5.69 Å². The third-order valence-corrected chi connectivity index (χ3v) is 4.10. The number of carbonyl (C=O) groups is 1. The molecular formula is C19H18N2O3. The van der Waals surface area contributed by atoms with Crippen molar-refractivity contribution >= 4 is 11.6 Å². The van der Waals surface area contributed by atoms with E-state index < -0.39 is 6.10 Å². The molecule has 0 unspecified atom stereocenters. The highest BCUT2D eigenvalue weighted by atomic mass is 16.5. The number of ether oxygens (including phenoxy) is 2. The van der Waals surface area contributed by atoms with Crippen LogP contribution in [0.3, 0.4) is 0 Å². The number of hydrogen-bond acceptors (Lipinski definition) is 4. The van der Waals surface area contributed by atoms with Crippen LogP contribution in [0.2, 0.25) is 0 Å². The minimum absolute atomic E-state index is 0.0913. The standard InChI is InChI=1S/C19H18N2O3/c1-13(24-17-8-7-14(12-20)11-18(17)23-2)19(22)21-10-9-15-5-3-4-6-16(15)21/h3-8,11,13H,9-10H2,1-2H3/t13-/m0/s1. The third-order valence-electron chi connectivity index (χ3n) is 4.10. The second-order valence-corrected chi connectivity index (χ2v) is 5.61. The summed E-state index contributed by atoms with van der Waals surface area (Å²) in [5.74, 6) is 0.798. The molecule has 0 spiro atoms. The summed E-state index contributed by atoms with van der Waals surface area (Å²) >= 11 is 0. The van der Waals surface area contributed by atoms with Crippen LogP contribution in [-0.2, 0) is 11.2 Å². The van der Waals surface area contributed by atoms with Gasteiger partial charge >= 0.3 is 0 Å². The zero-order valence-electron chi connectivity index (χ0n) is 13.7. The Morgan fingerprint density at radius 2 is 2.04 bits per heavy atom. The van der Waals surface area contributed by atoms with Crippen molar-refractivity contribution in [2.24, 2.45) is 0 Å². The van der Waals surface area contributed by atoms with E-state index in [1.54, 1.807) is 30.0 Å². The first kappa shape index (κ1) is 15.9. The third kappa shape index (κ3) is 2.91. The lowest BCUT2D eigenvalue weighted by Gasteiger charge is -2.23. The second kappa shape index (κ2) is 6.63. The van der Waals surface area contributed by atoms with Crippen molar-refractivity contribution in [3.8, 4) is 17.6 Å². The summed E-state index contributed by atoms with van der Waals surface area (Å²) in [4.78, 5) is 14.5. The Labute approximate surface area is 141 Å². The quantitative estimate of drug-likeness (QED) is 0.868. The lowest BCUT2D eigenvalue weighted by Crippen LogP contribution is -2.39. The Morgan fingerprint density at radius 1 is 1.25 bits per heavy atom. The largest absolute Gasteiger partial charge is 0.493 e. The molecule has 1 heterocycles. The van der Waals surface area contributed by atoms with Crippen LogP contribution in [0.25, 0.3) is 0 Å². The molecule has 0 saturated carbocycles. The summed E-state index contributed by atoms with van der Waals surface area (Å²) < 4.78 is 11.0. The van der Waals surface area contributed by atoms with Gasteiger partial charge in [0, 0.05) is 18.3 Å². The molecule has 24 heavy (non-hydrogen) atoms. The molecule has 2 aromatic rings. The molecule has 0 radical (unpaired) electrons. The van der Waals surface area contributed by atoms with Gasteiger partial charge in [-0.3, -0.25) is 4.79 Å². The van der Waals surface area contributed by atoms with E-state index in [1.807, 2.05) is 24.3 Å². The van der Waals surface area contributed by atoms with Gasteiger partial charge in [0.2, 0.25) is 0 Å². The molecular weight excluding hydrogens is 304 g/mol. The van der Waals surface area contributed by atoms with Crippen molar-refractivity contribution in [1.29, 1.82) is 5.26 Å². The second-order valence-electron chi connectivity index (χ2n) is 5.61. The van der Waals surface area contributed by atoms with Gasteiger partial charge in [-0.1, -0.05) is 18.2 Å². The molecule has 122 valence electrons. The zero-order valence-corrected chi connectivity index (χ0v) is 13.7. The lowest BCUT2D eigenvalue weighted by atomic mass is 10.2. The topological polar surface area (TPSA) is 62.6 Å². The number of amides is 1. The molecule has 3 rings (SSSR count). The van der Waals surface area contributed by atoms with Crippen LogP contribution in [-0.4, -0.2) is 25.7 Å². The van der Waals surface area contributed by atoms with Gasteiger partial charge in [0.25, 0.3) is 5.91 Å². The number of hydrogen-bond donors (Lipinski definition) is 0. The molecule has 0 aromatic heterocycles. The number of fused-ring (bicyclic) bond motifs is 1. The fourth-order valence-corrected chi connectivity index (χ4v) is 2.86. The van der Waals surface area contributed by atoms with Crippen molar-refractivity contribution in [2.75, 3.05) is 18.6 Å².